The molecule has 0 bridgehead atoms. The Bertz CT molecular complexity index is 642. The van der Waals surface area contributed by atoms with Crippen LogP contribution in [0.4, 0.5) is 0 Å². The van der Waals surface area contributed by atoms with Gasteiger partial charge in [0.15, 0.2) is 12.4 Å². The highest BCUT2D eigenvalue weighted by atomic mass is 16.5. The summed E-state index contributed by atoms with van der Waals surface area (Å²) in [7, 11) is 0. The Labute approximate surface area is 120 Å². The van der Waals surface area contributed by atoms with Gasteiger partial charge in [-0.1, -0.05) is 24.3 Å². The van der Waals surface area contributed by atoms with E-state index in [0.29, 0.717) is 5.56 Å². The maximum atomic E-state index is 12.2. The molecule has 2 aromatic rings. The molecular formula is C18H20O2. The van der Waals surface area contributed by atoms with Crippen LogP contribution in [0.3, 0.4) is 0 Å². The number of rotatable bonds is 4. The summed E-state index contributed by atoms with van der Waals surface area (Å²) in [4.78, 5) is 12.2. The monoisotopic (exact) mass is 268 g/mol. The molecule has 0 spiro atoms. The van der Waals surface area contributed by atoms with E-state index in [1.54, 1.807) is 0 Å². The summed E-state index contributed by atoms with van der Waals surface area (Å²) in [6.45, 7) is 8.17. The number of benzene rings is 2. The van der Waals surface area contributed by atoms with Gasteiger partial charge in [0.25, 0.3) is 0 Å². The van der Waals surface area contributed by atoms with Gasteiger partial charge in [0.1, 0.15) is 5.75 Å². The van der Waals surface area contributed by atoms with E-state index in [1.807, 2.05) is 64.1 Å². The molecule has 0 saturated heterocycles. The smallest absolute Gasteiger partial charge is 0.200 e. The standard InChI is InChI=1S/C18H20O2/c1-12-8-9-16(10-14(12)3)17(19)11-20-18-7-5-6-13(2)15(18)4/h5-10H,11H2,1-4H3. The van der Waals surface area contributed by atoms with Crippen LogP contribution in [0, 0.1) is 27.7 Å². The van der Waals surface area contributed by atoms with E-state index in [2.05, 4.69) is 0 Å². The molecule has 2 heteroatoms. The van der Waals surface area contributed by atoms with Crippen molar-refractivity contribution in [3.8, 4) is 5.75 Å². The average Bonchev–Trinajstić information content (AvgIpc) is 2.43. The van der Waals surface area contributed by atoms with Gasteiger partial charge in [-0.15, -0.1) is 0 Å². The van der Waals surface area contributed by atoms with Crippen LogP contribution in [0.5, 0.6) is 5.75 Å². The lowest BCUT2D eigenvalue weighted by Crippen LogP contribution is -2.12. The number of carbonyl (C=O) groups excluding carboxylic acids is 1. The van der Waals surface area contributed by atoms with E-state index in [1.165, 1.54) is 11.1 Å². The number of Topliss-reactive ketones (excluding diaryl/α,β-unsaturated/α-hetero) is 1. The van der Waals surface area contributed by atoms with Crippen LogP contribution < -0.4 is 4.74 Å². The summed E-state index contributed by atoms with van der Waals surface area (Å²) >= 11 is 0. The minimum Gasteiger partial charge on any atom is -0.485 e. The van der Waals surface area contributed by atoms with Gasteiger partial charge in [-0.05, 0) is 62.1 Å². The molecule has 20 heavy (non-hydrogen) atoms. The number of aryl methyl sites for hydroxylation is 3. The van der Waals surface area contributed by atoms with Gasteiger partial charge in [-0.3, -0.25) is 4.79 Å². The summed E-state index contributed by atoms with van der Waals surface area (Å²) in [6, 6.07) is 11.6. The molecule has 2 rings (SSSR count). The Morgan fingerprint density at radius 2 is 1.70 bits per heavy atom. The second kappa shape index (κ2) is 5.91. The van der Waals surface area contributed by atoms with Gasteiger partial charge < -0.3 is 4.74 Å². The minimum absolute atomic E-state index is 0.00834. The normalized spacial score (nSPS) is 10.4. The number of ketones is 1. The van der Waals surface area contributed by atoms with Crippen molar-refractivity contribution in [1.82, 2.24) is 0 Å². The van der Waals surface area contributed by atoms with Crippen LogP contribution >= 0.6 is 0 Å². The fourth-order valence-corrected chi connectivity index (χ4v) is 2.02. The highest BCUT2D eigenvalue weighted by Crippen LogP contribution is 2.21. The third kappa shape index (κ3) is 3.08. The average molecular weight is 268 g/mol. The first-order chi connectivity index (χ1) is 9.49. The molecule has 0 saturated carbocycles. The Morgan fingerprint density at radius 1 is 0.950 bits per heavy atom. The number of ether oxygens (including phenoxy) is 1. The maximum absolute atomic E-state index is 12.2. The van der Waals surface area contributed by atoms with Crippen molar-refractivity contribution < 1.29 is 9.53 Å². The molecule has 2 nitrogen and oxygen atoms in total. The van der Waals surface area contributed by atoms with E-state index >= 15 is 0 Å². The summed E-state index contributed by atoms with van der Waals surface area (Å²) in [6.07, 6.45) is 0. The number of carbonyl (C=O) groups is 1. The molecule has 0 N–H and O–H groups in total. The highest BCUT2D eigenvalue weighted by Gasteiger charge is 2.09. The van der Waals surface area contributed by atoms with E-state index < -0.39 is 0 Å². The first-order valence-electron chi connectivity index (χ1n) is 6.78. The maximum Gasteiger partial charge on any atom is 0.200 e. The third-order valence-electron chi connectivity index (χ3n) is 3.74. The van der Waals surface area contributed by atoms with Gasteiger partial charge in [0.05, 0.1) is 0 Å². The lowest BCUT2D eigenvalue weighted by atomic mass is 10.0. The topological polar surface area (TPSA) is 26.3 Å². The van der Waals surface area contributed by atoms with Crippen molar-refractivity contribution in [2.45, 2.75) is 27.7 Å². The molecule has 0 aromatic heterocycles. The van der Waals surface area contributed by atoms with Gasteiger partial charge >= 0.3 is 0 Å². The third-order valence-corrected chi connectivity index (χ3v) is 3.74. The molecule has 0 amide bonds. The number of hydrogen-bond donors (Lipinski definition) is 0. The van der Waals surface area contributed by atoms with E-state index in [0.717, 1.165) is 16.9 Å². The minimum atomic E-state index is 0.00834. The highest BCUT2D eigenvalue weighted by molar-refractivity contribution is 5.97. The van der Waals surface area contributed by atoms with Crippen molar-refractivity contribution in [3.63, 3.8) is 0 Å². The van der Waals surface area contributed by atoms with Crippen molar-refractivity contribution in [2.75, 3.05) is 6.61 Å². The van der Waals surface area contributed by atoms with Gasteiger partial charge in [-0.2, -0.15) is 0 Å². The number of hydrogen-bond acceptors (Lipinski definition) is 2. The predicted octanol–water partition coefficient (Wildman–Crippen LogP) is 4.18. The quantitative estimate of drug-likeness (QED) is 0.777. The van der Waals surface area contributed by atoms with Gasteiger partial charge in [0, 0.05) is 5.56 Å². The SMILES string of the molecule is Cc1ccc(C(=O)COc2cccc(C)c2C)cc1C. The molecule has 0 heterocycles. The molecule has 0 aliphatic carbocycles. The Morgan fingerprint density at radius 3 is 2.40 bits per heavy atom. The molecule has 104 valence electrons. The molecule has 0 atom stereocenters. The first-order valence-corrected chi connectivity index (χ1v) is 6.78. The van der Waals surface area contributed by atoms with Crippen molar-refractivity contribution in [1.29, 1.82) is 0 Å². The molecule has 0 fully saturated rings. The van der Waals surface area contributed by atoms with E-state index in [4.69, 9.17) is 4.74 Å². The zero-order chi connectivity index (χ0) is 14.7. The Balaban J connectivity index is 2.08. The van der Waals surface area contributed by atoms with Gasteiger partial charge in [0.2, 0.25) is 0 Å². The van der Waals surface area contributed by atoms with Crippen LogP contribution in [0.25, 0.3) is 0 Å². The summed E-state index contributed by atoms with van der Waals surface area (Å²) < 4.78 is 5.65. The second-order valence-corrected chi connectivity index (χ2v) is 5.21. The Kier molecular flexibility index (Phi) is 4.23. The Hall–Kier alpha value is -2.09. The van der Waals surface area contributed by atoms with E-state index in [-0.39, 0.29) is 12.4 Å². The molecular weight excluding hydrogens is 248 g/mol. The zero-order valence-electron chi connectivity index (χ0n) is 12.5. The van der Waals surface area contributed by atoms with Crippen LogP contribution in [-0.4, -0.2) is 12.4 Å². The molecule has 0 radical (unpaired) electrons. The first kappa shape index (κ1) is 14.3. The van der Waals surface area contributed by atoms with Crippen LogP contribution in [0.2, 0.25) is 0 Å². The van der Waals surface area contributed by atoms with Crippen LogP contribution in [0.15, 0.2) is 36.4 Å². The fourth-order valence-electron chi connectivity index (χ4n) is 2.02. The van der Waals surface area contributed by atoms with E-state index in [9.17, 15) is 4.79 Å². The van der Waals surface area contributed by atoms with Crippen molar-refractivity contribution in [2.24, 2.45) is 0 Å². The molecule has 0 unspecified atom stereocenters. The summed E-state index contributed by atoms with van der Waals surface area (Å²) in [5.74, 6) is 0.788. The largest absolute Gasteiger partial charge is 0.485 e. The predicted molar refractivity (Wildman–Crippen MR) is 81.7 cm³/mol. The second-order valence-electron chi connectivity index (χ2n) is 5.21. The van der Waals surface area contributed by atoms with Crippen molar-refractivity contribution in [3.05, 3.63) is 64.2 Å². The summed E-state index contributed by atoms with van der Waals surface area (Å²) in [5.41, 5.74) is 5.28. The fraction of sp³-hybridized carbons (Fsp3) is 0.278. The lowest BCUT2D eigenvalue weighted by Gasteiger charge is -2.10. The molecule has 2 aromatic carbocycles. The lowest BCUT2D eigenvalue weighted by molar-refractivity contribution is 0.0921. The molecule has 0 aliphatic rings. The zero-order valence-corrected chi connectivity index (χ0v) is 12.5. The van der Waals surface area contributed by atoms with Crippen molar-refractivity contribution >= 4 is 5.78 Å². The van der Waals surface area contributed by atoms with Gasteiger partial charge in [-0.25, -0.2) is 0 Å². The molecule has 0 aliphatic heterocycles. The van der Waals surface area contributed by atoms with Crippen LogP contribution in [0.1, 0.15) is 32.6 Å². The van der Waals surface area contributed by atoms with Crippen LogP contribution in [-0.2, 0) is 0 Å². The summed E-state index contributed by atoms with van der Waals surface area (Å²) in [5, 5.41) is 0.